The molecule has 1 N–H and O–H groups in total. The van der Waals surface area contributed by atoms with Gasteiger partial charge < -0.3 is 14.7 Å². The SMILES string of the molecule is COc1ccsc1C(=O)N1CCCC1C(=O)O. The van der Waals surface area contributed by atoms with E-state index in [1.807, 2.05) is 0 Å². The van der Waals surface area contributed by atoms with E-state index < -0.39 is 12.0 Å². The molecule has 1 aliphatic heterocycles. The Morgan fingerprint density at radius 1 is 1.59 bits per heavy atom. The number of methoxy groups -OCH3 is 1. The molecule has 0 spiro atoms. The van der Waals surface area contributed by atoms with E-state index in [0.29, 0.717) is 23.6 Å². The minimum atomic E-state index is -0.939. The highest BCUT2D eigenvalue weighted by Gasteiger charge is 2.35. The maximum absolute atomic E-state index is 12.2. The highest BCUT2D eigenvalue weighted by molar-refractivity contribution is 7.12. The van der Waals surface area contributed by atoms with Crippen LogP contribution in [0.1, 0.15) is 22.5 Å². The fraction of sp³-hybridized carbons (Fsp3) is 0.455. The van der Waals surface area contributed by atoms with Crippen LogP contribution in [-0.4, -0.2) is 41.6 Å². The lowest BCUT2D eigenvalue weighted by Crippen LogP contribution is -2.40. The number of amides is 1. The van der Waals surface area contributed by atoms with Crippen LogP contribution < -0.4 is 4.74 Å². The lowest BCUT2D eigenvalue weighted by atomic mass is 10.2. The summed E-state index contributed by atoms with van der Waals surface area (Å²) in [5.74, 6) is -0.677. The Morgan fingerprint density at radius 3 is 3.00 bits per heavy atom. The van der Waals surface area contributed by atoms with Crippen LogP contribution in [0, 0.1) is 0 Å². The van der Waals surface area contributed by atoms with E-state index in [-0.39, 0.29) is 5.91 Å². The van der Waals surface area contributed by atoms with Gasteiger partial charge in [-0.05, 0) is 24.3 Å². The zero-order valence-electron chi connectivity index (χ0n) is 9.38. The molecule has 1 atom stereocenters. The van der Waals surface area contributed by atoms with Crippen LogP contribution in [0.3, 0.4) is 0 Å². The van der Waals surface area contributed by atoms with Crippen molar-refractivity contribution >= 4 is 23.2 Å². The molecule has 1 aliphatic rings. The van der Waals surface area contributed by atoms with Crippen molar-refractivity contribution < 1.29 is 19.4 Å². The molecule has 0 radical (unpaired) electrons. The summed E-state index contributed by atoms with van der Waals surface area (Å²) in [6.07, 6.45) is 1.26. The van der Waals surface area contributed by atoms with Crippen molar-refractivity contribution in [3.05, 3.63) is 16.3 Å². The molecule has 1 unspecified atom stereocenters. The molecular weight excluding hydrogens is 242 g/mol. The number of ether oxygens (including phenoxy) is 1. The van der Waals surface area contributed by atoms with Gasteiger partial charge in [-0.1, -0.05) is 0 Å². The normalized spacial score (nSPS) is 19.4. The van der Waals surface area contributed by atoms with Crippen LogP contribution in [0.2, 0.25) is 0 Å². The Kier molecular flexibility index (Phi) is 3.33. The molecule has 17 heavy (non-hydrogen) atoms. The highest BCUT2D eigenvalue weighted by atomic mass is 32.1. The first-order valence-corrected chi connectivity index (χ1v) is 6.18. The molecular formula is C11H13NO4S. The molecule has 1 fully saturated rings. The van der Waals surface area contributed by atoms with Crippen LogP contribution in [0.5, 0.6) is 5.75 Å². The number of nitrogens with zero attached hydrogens (tertiary/aromatic N) is 1. The number of aliphatic carboxylic acids is 1. The molecule has 0 aromatic carbocycles. The lowest BCUT2D eigenvalue weighted by Gasteiger charge is -2.20. The zero-order valence-corrected chi connectivity index (χ0v) is 10.2. The second kappa shape index (κ2) is 4.75. The Hall–Kier alpha value is -1.56. The van der Waals surface area contributed by atoms with Crippen molar-refractivity contribution in [2.75, 3.05) is 13.7 Å². The van der Waals surface area contributed by atoms with Crippen molar-refractivity contribution in [3.63, 3.8) is 0 Å². The summed E-state index contributed by atoms with van der Waals surface area (Å²) in [5.41, 5.74) is 0. The van der Waals surface area contributed by atoms with Crippen LogP contribution >= 0.6 is 11.3 Å². The third-order valence-electron chi connectivity index (χ3n) is 2.84. The van der Waals surface area contributed by atoms with Crippen molar-refractivity contribution in [1.29, 1.82) is 0 Å². The topological polar surface area (TPSA) is 66.8 Å². The Bertz CT molecular complexity index is 442. The first-order chi connectivity index (χ1) is 8.15. The van der Waals surface area contributed by atoms with Gasteiger partial charge in [0.2, 0.25) is 0 Å². The van der Waals surface area contributed by atoms with E-state index in [4.69, 9.17) is 9.84 Å². The average molecular weight is 255 g/mol. The fourth-order valence-corrected chi connectivity index (χ4v) is 2.82. The van der Waals surface area contributed by atoms with Gasteiger partial charge in [0.15, 0.2) is 0 Å². The monoisotopic (exact) mass is 255 g/mol. The number of hydrogen-bond donors (Lipinski definition) is 1. The summed E-state index contributed by atoms with van der Waals surface area (Å²) >= 11 is 1.27. The molecule has 0 bridgehead atoms. The molecule has 0 saturated carbocycles. The van der Waals surface area contributed by atoms with Gasteiger partial charge in [-0.15, -0.1) is 11.3 Å². The molecule has 1 amide bonds. The smallest absolute Gasteiger partial charge is 0.326 e. The molecule has 6 heteroatoms. The van der Waals surface area contributed by atoms with Crippen LogP contribution in [0.4, 0.5) is 0 Å². The Labute approximate surface area is 103 Å². The van der Waals surface area contributed by atoms with Crippen molar-refractivity contribution in [1.82, 2.24) is 4.90 Å². The minimum absolute atomic E-state index is 0.248. The summed E-state index contributed by atoms with van der Waals surface area (Å²) in [7, 11) is 1.50. The number of carboxylic acids is 1. The summed E-state index contributed by atoms with van der Waals surface area (Å²) in [5, 5.41) is 10.8. The van der Waals surface area contributed by atoms with E-state index in [2.05, 4.69) is 0 Å². The van der Waals surface area contributed by atoms with Crippen molar-refractivity contribution in [2.24, 2.45) is 0 Å². The first-order valence-electron chi connectivity index (χ1n) is 5.30. The largest absolute Gasteiger partial charge is 0.495 e. The molecule has 0 aliphatic carbocycles. The van der Waals surface area contributed by atoms with Gasteiger partial charge in [0.1, 0.15) is 16.7 Å². The van der Waals surface area contributed by atoms with E-state index in [9.17, 15) is 9.59 Å². The number of thiophene rings is 1. The van der Waals surface area contributed by atoms with Crippen molar-refractivity contribution in [2.45, 2.75) is 18.9 Å². The second-order valence-corrected chi connectivity index (χ2v) is 4.73. The number of carboxylic acid groups (broad SMARTS) is 1. The number of carbonyl (C=O) groups is 2. The van der Waals surface area contributed by atoms with Gasteiger partial charge in [-0.3, -0.25) is 4.79 Å². The number of likely N-dealkylation sites (tertiary alicyclic amines) is 1. The minimum Gasteiger partial charge on any atom is -0.495 e. The predicted molar refractivity (Wildman–Crippen MR) is 62.6 cm³/mol. The number of carbonyl (C=O) groups excluding carboxylic acids is 1. The van der Waals surface area contributed by atoms with Crippen LogP contribution in [0.15, 0.2) is 11.4 Å². The van der Waals surface area contributed by atoms with Gasteiger partial charge in [0.25, 0.3) is 5.91 Å². The summed E-state index contributed by atoms with van der Waals surface area (Å²) in [4.78, 5) is 25.1. The van der Waals surface area contributed by atoms with E-state index in [1.165, 1.54) is 23.3 Å². The van der Waals surface area contributed by atoms with Gasteiger partial charge in [-0.2, -0.15) is 0 Å². The fourth-order valence-electron chi connectivity index (χ4n) is 2.01. The third kappa shape index (κ3) is 2.12. The number of rotatable bonds is 3. The van der Waals surface area contributed by atoms with Gasteiger partial charge in [-0.25, -0.2) is 4.79 Å². The highest BCUT2D eigenvalue weighted by Crippen LogP contribution is 2.29. The third-order valence-corrected chi connectivity index (χ3v) is 3.73. The molecule has 2 rings (SSSR count). The molecule has 5 nitrogen and oxygen atoms in total. The lowest BCUT2D eigenvalue weighted by molar-refractivity contribution is -0.141. The van der Waals surface area contributed by atoms with E-state index in [0.717, 1.165) is 6.42 Å². The second-order valence-electron chi connectivity index (χ2n) is 3.81. The predicted octanol–water partition coefficient (Wildman–Crippen LogP) is 1.45. The van der Waals surface area contributed by atoms with Gasteiger partial charge in [0.05, 0.1) is 7.11 Å². The zero-order chi connectivity index (χ0) is 12.4. The quantitative estimate of drug-likeness (QED) is 0.887. The summed E-state index contributed by atoms with van der Waals surface area (Å²) < 4.78 is 5.08. The molecule has 1 aromatic rings. The molecule has 1 aromatic heterocycles. The van der Waals surface area contributed by atoms with Crippen LogP contribution in [0.25, 0.3) is 0 Å². The standard InChI is InChI=1S/C11H13NO4S/c1-16-8-4-6-17-9(8)10(13)12-5-2-3-7(12)11(14)15/h4,6-7H,2-3,5H2,1H3,(H,14,15). The average Bonchev–Trinajstić information content (AvgIpc) is 2.96. The maximum Gasteiger partial charge on any atom is 0.326 e. The molecule has 2 heterocycles. The maximum atomic E-state index is 12.2. The molecule has 1 saturated heterocycles. The Morgan fingerprint density at radius 2 is 2.35 bits per heavy atom. The van der Waals surface area contributed by atoms with Gasteiger partial charge >= 0.3 is 5.97 Å². The summed E-state index contributed by atoms with van der Waals surface area (Å²) in [6.45, 7) is 0.497. The summed E-state index contributed by atoms with van der Waals surface area (Å²) in [6, 6.07) is 1.01. The first kappa shape index (κ1) is 11.9. The Balaban J connectivity index is 2.23. The van der Waals surface area contributed by atoms with E-state index in [1.54, 1.807) is 11.4 Å². The van der Waals surface area contributed by atoms with Gasteiger partial charge in [0, 0.05) is 6.54 Å². The molecule has 92 valence electrons. The van der Waals surface area contributed by atoms with Crippen LogP contribution in [-0.2, 0) is 4.79 Å². The number of hydrogen-bond acceptors (Lipinski definition) is 4. The van der Waals surface area contributed by atoms with E-state index >= 15 is 0 Å². The van der Waals surface area contributed by atoms with Crippen molar-refractivity contribution in [3.8, 4) is 5.75 Å².